The molecule has 98 valence electrons. The Balaban J connectivity index is -0.000000218. The Morgan fingerprint density at radius 3 is 1.24 bits per heavy atom. The van der Waals surface area contributed by atoms with Gasteiger partial charge in [-0.2, -0.15) is 0 Å². The van der Waals surface area contributed by atoms with Gasteiger partial charge in [0.05, 0.1) is 0 Å². The largest absolute Gasteiger partial charge is 0.478 e. The number of hydrogen-bond donors (Lipinski definition) is 2. The van der Waals surface area contributed by atoms with Crippen LogP contribution in [0.3, 0.4) is 0 Å². The van der Waals surface area contributed by atoms with Gasteiger partial charge in [0.2, 0.25) is 0 Å². The smallest absolute Gasteiger partial charge is 0.328 e. The maximum atomic E-state index is 9.75. The van der Waals surface area contributed by atoms with Crippen LogP contribution in [0.2, 0.25) is 0 Å². The third-order valence-electron chi connectivity index (χ3n) is 1.08. The van der Waals surface area contributed by atoms with Crippen molar-refractivity contribution in [3.05, 3.63) is 48.6 Å². The van der Waals surface area contributed by atoms with E-state index >= 15 is 0 Å². The molecule has 0 aliphatic heterocycles. The van der Waals surface area contributed by atoms with Crippen molar-refractivity contribution in [2.75, 3.05) is 0 Å². The minimum atomic E-state index is -0.914. The van der Waals surface area contributed by atoms with Gasteiger partial charge in [0.15, 0.2) is 0 Å². The monoisotopic (exact) mass is 282 g/mol. The van der Waals surface area contributed by atoms with Crippen molar-refractivity contribution in [2.45, 2.75) is 13.8 Å². The van der Waals surface area contributed by atoms with Crippen molar-refractivity contribution < 1.29 is 36.3 Å². The van der Waals surface area contributed by atoms with E-state index in [2.05, 4.69) is 0 Å². The third-order valence-corrected chi connectivity index (χ3v) is 1.08. The average Bonchev–Trinajstić information content (AvgIpc) is 2.18. The quantitative estimate of drug-likeness (QED) is 0.472. The second-order valence-corrected chi connectivity index (χ2v) is 2.45. The van der Waals surface area contributed by atoms with E-state index in [0.29, 0.717) is 0 Å². The van der Waals surface area contributed by atoms with Gasteiger partial charge >= 0.3 is 11.9 Å². The summed E-state index contributed by atoms with van der Waals surface area (Å²) in [5.74, 6) is -1.83. The summed E-state index contributed by atoms with van der Waals surface area (Å²) in [5, 5.41) is 16.0. The number of rotatable bonds is 4. The fourth-order valence-corrected chi connectivity index (χ4v) is 0.498. The van der Waals surface area contributed by atoms with Crippen LogP contribution >= 0.6 is 0 Å². The number of hydrogen-bond acceptors (Lipinski definition) is 2. The molecule has 0 heterocycles. The van der Waals surface area contributed by atoms with E-state index in [1.54, 1.807) is 24.3 Å². The SMILES string of the molecule is C/C=C/C=C/C(=O)O.C/C=C/C=C/C(=O)O.[Ni]. The predicted molar refractivity (Wildman–Crippen MR) is 63.2 cm³/mol. The molecule has 0 spiro atoms. The Hall–Kier alpha value is -1.61. The van der Waals surface area contributed by atoms with E-state index in [-0.39, 0.29) is 16.5 Å². The normalized spacial score (nSPS) is 10.5. The summed E-state index contributed by atoms with van der Waals surface area (Å²) in [6, 6.07) is 0. The standard InChI is InChI=1S/2C6H8O2.Ni/c2*1-2-3-4-5-6(7)8;/h2*2-5H,1H3,(H,7,8);/b2*3-2+,5-4+;. The second-order valence-electron chi connectivity index (χ2n) is 2.45. The third kappa shape index (κ3) is 31.4. The molecule has 0 unspecified atom stereocenters. The molecule has 0 aliphatic rings. The van der Waals surface area contributed by atoms with E-state index < -0.39 is 11.9 Å². The molecule has 0 aromatic carbocycles. The maximum absolute atomic E-state index is 9.75. The molecular formula is C12H16NiO4. The van der Waals surface area contributed by atoms with Crippen LogP contribution in [0.5, 0.6) is 0 Å². The zero-order chi connectivity index (χ0) is 12.8. The molecule has 0 aromatic rings. The number of allylic oxidation sites excluding steroid dienone is 6. The Bertz CT molecular complexity index is 282. The molecule has 0 aromatic heterocycles. The van der Waals surface area contributed by atoms with Gasteiger partial charge in [0, 0.05) is 28.6 Å². The maximum Gasteiger partial charge on any atom is 0.328 e. The van der Waals surface area contributed by atoms with Crippen LogP contribution in [0.4, 0.5) is 0 Å². The number of carboxylic acid groups (broad SMARTS) is 2. The molecule has 0 bridgehead atoms. The molecule has 0 saturated carbocycles. The van der Waals surface area contributed by atoms with Crippen molar-refractivity contribution in [1.29, 1.82) is 0 Å². The summed E-state index contributed by atoms with van der Waals surface area (Å²) in [5.41, 5.74) is 0. The van der Waals surface area contributed by atoms with E-state index in [1.165, 1.54) is 12.2 Å². The van der Waals surface area contributed by atoms with Gasteiger partial charge in [-0.05, 0) is 13.8 Å². The molecule has 5 heteroatoms. The Morgan fingerprint density at radius 2 is 1.06 bits per heavy atom. The Labute approximate surface area is 111 Å². The molecular weight excluding hydrogens is 267 g/mol. The number of carboxylic acids is 2. The molecule has 0 amide bonds. The predicted octanol–water partition coefficient (Wildman–Crippen LogP) is 2.40. The van der Waals surface area contributed by atoms with E-state index in [0.717, 1.165) is 12.2 Å². The van der Waals surface area contributed by atoms with Crippen molar-refractivity contribution in [3.8, 4) is 0 Å². The van der Waals surface area contributed by atoms with Gasteiger partial charge < -0.3 is 10.2 Å². The van der Waals surface area contributed by atoms with Gasteiger partial charge in [0.25, 0.3) is 0 Å². The van der Waals surface area contributed by atoms with E-state index in [1.807, 2.05) is 13.8 Å². The average molecular weight is 283 g/mol. The Morgan fingerprint density at radius 1 is 0.765 bits per heavy atom. The summed E-state index contributed by atoms with van der Waals surface area (Å²) >= 11 is 0. The van der Waals surface area contributed by atoms with Crippen molar-refractivity contribution in [1.82, 2.24) is 0 Å². The van der Waals surface area contributed by atoms with Gasteiger partial charge in [-0.25, -0.2) is 9.59 Å². The summed E-state index contributed by atoms with van der Waals surface area (Å²) < 4.78 is 0. The van der Waals surface area contributed by atoms with Crippen LogP contribution in [0, 0.1) is 0 Å². The fourth-order valence-electron chi connectivity index (χ4n) is 0.498. The van der Waals surface area contributed by atoms with Crippen LogP contribution < -0.4 is 0 Å². The van der Waals surface area contributed by atoms with Gasteiger partial charge in [0.1, 0.15) is 0 Å². The summed E-state index contributed by atoms with van der Waals surface area (Å²) in [7, 11) is 0. The summed E-state index contributed by atoms with van der Waals surface area (Å²) in [6.07, 6.45) is 12.0. The zero-order valence-corrected chi connectivity index (χ0v) is 10.6. The van der Waals surface area contributed by atoms with Crippen LogP contribution in [-0.2, 0) is 26.1 Å². The minimum Gasteiger partial charge on any atom is -0.478 e. The van der Waals surface area contributed by atoms with Crippen molar-refractivity contribution in [3.63, 3.8) is 0 Å². The van der Waals surface area contributed by atoms with Gasteiger partial charge in [-0.3, -0.25) is 0 Å². The molecule has 0 atom stereocenters. The van der Waals surface area contributed by atoms with Crippen LogP contribution in [-0.4, -0.2) is 22.2 Å². The second kappa shape index (κ2) is 16.8. The minimum absolute atomic E-state index is 0. The first kappa shape index (κ1) is 20.8. The summed E-state index contributed by atoms with van der Waals surface area (Å²) in [4.78, 5) is 19.5. The molecule has 2 N–H and O–H groups in total. The molecule has 17 heavy (non-hydrogen) atoms. The zero-order valence-electron chi connectivity index (χ0n) is 9.65. The first-order chi connectivity index (χ1) is 7.54. The summed E-state index contributed by atoms with van der Waals surface area (Å²) in [6.45, 7) is 3.65. The molecule has 0 aliphatic carbocycles. The van der Waals surface area contributed by atoms with Gasteiger partial charge in [-0.1, -0.05) is 36.5 Å². The van der Waals surface area contributed by atoms with Crippen LogP contribution in [0.1, 0.15) is 13.8 Å². The van der Waals surface area contributed by atoms with Crippen LogP contribution in [0.15, 0.2) is 48.6 Å². The van der Waals surface area contributed by atoms with Crippen molar-refractivity contribution in [2.24, 2.45) is 0 Å². The number of carbonyl (C=O) groups is 2. The molecule has 0 fully saturated rings. The Kier molecular flexibility index (Phi) is 20.5. The first-order valence-corrected chi connectivity index (χ1v) is 4.59. The molecule has 4 nitrogen and oxygen atoms in total. The first-order valence-electron chi connectivity index (χ1n) is 4.59. The molecule has 0 saturated heterocycles. The number of aliphatic carboxylic acids is 2. The molecule has 0 radical (unpaired) electrons. The fraction of sp³-hybridized carbons (Fsp3) is 0.167. The van der Waals surface area contributed by atoms with Crippen LogP contribution in [0.25, 0.3) is 0 Å². The van der Waals surface area contributed by atoms with Gasteiger partial charge in [-0.15, -0.1) is 0 Å². The molecule has 0 rings (SSSR count). The van der Waals surface area contributed by atoms with E-state index in [4.69, 9.17) is 10.2 Å². The topological polar surface area (TPSA) is 74.6 Å². The van der Waals surface area contributed by atoms with E-state index in [9.17, 15) is 9.59 Å². The van der Waals surface area contributed by atoms with Crippen molar-refractivity contribution >= 4 is 11.9 Å².